The van der Waals surface area contributed by atoms with Crippen molar-refractivity contribution in [1.82, 2.24) is 0 Å². The fourth-order valence-electron chi connectivity index (χ4n) is 2.40. The number of hydrogen-bond donors (Lipinski definition) is 1. The summed E-state index contributed by atoms with van der Waals surface area (Å²) in [6, 6.07) is 8.90. The Morgan fingerprint density at radius 3 is 1.96 bits per heavy atom. The zero-order valence-corrected chi connectivity index (χ0v) is 14.3. The third kappa shape index (κ3) is 3.93. The highest BCUT2D eigenvalue weighted by Gasteiger charge is 2.11. The normalized spacial score (nSPS) is 10.7. The summed E-state index contributed by atoms with van der Waals surface area (Å²) in [7, 11) is 6.35. The van der Waals surface area contributed by atoms with Crippen molar-refractivity contribution in [2.45, 2.75) is 6.42 Å². The molecule has 0 radical (unpaired) electrons. The Hall–Kier alpha value is -2.82. The molecule has 0 spiro atoms. The summed E-state index contributed by atoms with van der Waals surface area (Å²) >= 11 is 0. The van der Waals surface area contributed by atoms with E-state index >= 15 is 0 Å². The molecule has 0 heterocycles. The largest absolute Gasteiger partial charge is 0.504 e. The minimum atomic E-state index is 0.110. The summed E-state index contributed by atoms with van der Waals surface area (Å²) in [6.45, 7) is 0. The molecule has 24 heavy (non-hydrogen) atoms. The average molecular weight is 330 g/mol. The molecular formula is C19H22O5. The molecule has 0 saturated heterocycles. The molecule has 0 saturated carbocycles. The lowest BCUT2D eigenvalue weighted by atomic mass is 10.1. The van der Waals surface area contributed by atoms with Crippen LogP contribution in [0.25, 0.3) is 6.08 Å². The van der Waals surface area contributed by atoms with Crippen LogP contribution in [-0.4, -0.2) is 33.5 Å². The highest BCUT2D eigenvalue weighted by molar-refractivity contribution is 5.57. The van der Waals surface area contributed by atoms with Crippen LogP contribution in [-0.2, 0) is 6.42 Å². The second-order valence-electron chi connectivity index (χ2n) is 5.05. The molecule has 2 rings (SSSR count). The molecule has 128 valence electrons. The quantitative estimate of drug-likeness (QED) is 0.839. The number of rotatable bonds is 7. The van der Waals surface area contributed by atoms with Gasteiger partial charge >= 0.3 is 0 Å². The first-order valence-corrected chi connectivity index (χ1v) is 7.45. The van der Waals surface area contributed by atoms with E-state index in [2.05, 4.69) is 0 Å². The molecule has 0 aliphatic heterocycles. The van der Waals surface area contributed by atoms with Gasteiger partial charge < -0.3 is 24.1 Å². The van der Waals surface area contributed by atoms with Gasteiger partial charge in [0.25, 0.3) is 0 Å². The highest BCUT2D eigenvalue weighted by atomic mass is 16.5. The number of benzene rings is 2. The van der Waals surface area contributed by atoms with Gasteiger partial charge in [0, 0.05) is 17.7 Å². The molecular weight excluding hydrogens is 308 g/mol. The average Bonchev–Trinajstić information content (AvgIpc) is 2.61. The van der Waals surface area contributed by atoms with Gasteiger partial charge in [0.15, 0.2) is 11.5 Å². The molecule has 5 nitrogen and oxygen atoms in total. The lowest BCUT2D eigenvalue weighted by Crippen LogP contribution is -1.97. The predicted molar refractivity (Wildman–Crippen MR) is 93.5 cm³/mol. The number of hydrogen-bond acceptors (Lipinski definition) is 5. The van der Waals surface area contributed by atoms with E-state index < -0.39 is 0 Å². The Balaban J connectivity index is 2.23. The first-order valence-electron chi connectivity index (χ1n) is 7.45. The van der Waals surface area contributed by atoms with Gasteiger partial charge in [-0.2, -0.15) is 0 Å². The molecule has 1 N–H and O–H groups in total. The van der Waals surface area contributed by atoms with Gasteiger partial charge in [-0.05, 0) is 24.1 Å². The van der Waals surface area contributed by atoms with E-state index in [4.69, 9.17) is 18.9 Å². The van der Waals surface area contributed by atoms with Crippen LogP contribution in [0.3, 0.4) is 0 Å². The van der Waals surface area contributed by atoms with Gasteiger partial charge in [-0.1, -0.05) is 18.2 Å². The Morgan fingerprint density at radius 2 is 1.46 bits per heavy atom. The standard InChI is InChI=1S/C19H22O5/c1-21-14-11-18(23-3)15(19(12-14)24-4)7-5-6-13-8-9-17(22-2)16(20)10-13/h5-6,8-12,20H,7H2,1-4H3/b6-5+. The van der Waals surface area contributed by atoms with Crippen LogP contribution in [0.15, 0.2) is 36.4 Å². The van der Waals surface area contributed by atoms with Crippen LogP contribution >= 0.6 is 0 Å². The van der Waals surface area contributed by atoms with Crippen molar-refractivity contribution in [3.8, 4) is 28.7 Å². The van der Waals surface area contributed by atoms with Crippen molar-refractivity contribution in [3.05, 3.63) is 47.5 Å². The molecule has 0 unspecified atom stereocenters. The zero-order valence-electron chi connectivity index (χ0n) is 14.3. The predicted octanol–water partition coefficient (Wildman–Crippen LogP) is 3.68. The maximum atomic E-state index is 9.82. The molecule has 0 fully saturated rings. The van der Waals surface area contributed by atoms with Gasteiger partial charge in [0.1, 0.15) is 17.2 Å². The first-order chi connectivity index (χ1) is 11.6. The Bertz CT molecular complexity index is 697. The van der Waals surface area contributed by atoms with Crippen LogP contribution < -0.4 is 18.9 Å². The summed E-state index contributed by atoms with van der Waals surface area (Å²) in [5.74, 6) is 2.64. The first kappa shape index (κ1) is 17.5. The van der Waals surface area contributed by atoms with Crippen LogP contribution in [0, 0.1) is 0 Å². The van der Waals surface area contributed by atoms with E-state index in [0.717, 1.165) is 11.1 Å². The smallest absolute Gasteiger partial charge is 0.160 e. The topological polar surface area (TPSA) is 57.2 Å². The monoisotopic (exact) mass is 330 g/mol. The summed E-state index contributed by atoms with van der Waals surface area (Å²) in [6.07, 6.45) is 4.51. The van der Waals surface area contributed by atoms with Crippen molar-refractivity contribution < 1.29 is 24.1 Å². The maximum absolute atomic E-state index is 9.82. The van der Waals surface area contributed by atoms with E-state index in [1.807, 2.05) is 30.4 Å². The summed E-state index contributed by atoms with van der Waals surface area (Å²) in [5.41, 5.74) is 1.80. The van der Waals surface area contributed by atoms with Crippen molar-refractivity contribution in [1.29, 1.82) is 0 Å². The summed E-state index contributed by atoms with van der Waals surface area (Å²) in [4.78, 5) is 0. The Morgan fingerprint density at radius 1 is 0.833 bits per heavy atom. The van der Waals surface area contributed by atoms with Crippen LogP contribution in [0.2, 0.25) is 0 Å². The second kappa shape index (κ2) is 8.15. The van der Waals surface area contributed by atoms with Crippen LogP contribution in [0.5, 0.6) is 28.7 Å². The van der Waals surface area contributed by atoms with Crippen molar-refractivity contribution in [2.24, 2.45) is 0 Å². The molecule has 0 aromatic heterocycles. The molecule has 2 aromatic carbocycles. The lowest BCUT2D eigenvalue weighted by Gasteiger charge is -2.13. The highest BCUT2D eigenvalue weighted by Crippen LogP contribution is 2.34. The van der Waals surface area contributed by atoms with Crippen LogP contribution in [0.4, 0.5) is 0 Å². The number of allylic oxidation sites excluding steroid dienone is 1. The number of phenolic OH excluding ortho intramolecular Hbond substituents is 1. The van der Waals surface area contributed by atoms with Gasteiger partial charge in [-0.25, -0.2) is 0 Å². The molecule has 0 aliphatic rings. The molecule has 2 aromatic rings. The SMILES string of the molecule is COc1cc(OC)c(C/C=C/c2ccc(OC)c(O)c2)c(OC)c1. The molecule has 0 atom stereocenters. The van der Waals surface area contributed by atoms with E-state index in [1.165, 1.54) is 7.11 Å². The number of phenols is 1. The van der Waals surface area contributed by atoms with Crippen molar-refractivity contribution in [2.75, 3.05) is 28.4 Å². The van der Waals surface area contributed by atoms with E-state index in [1.54, 1.807) is 33.5 Å². The molecule has 0 aliphatic carbocycles. The number of aromatic hydroxyl groups is 1. The van der Waals surface area contributed by atoms with Crippen LogP contribution in [0.1, 0.15) is 11.1 Å². The fourth-order valence-corrected chi connectivity index (χ4v) is 2.40. The number of methoxy groups -OCH3 is 4. The Kier molecular flexibility index (Phi) is 5.95. The van der Waals surface area contributed by atoms with Gasteiger partial charge in [0.05, 0.1) is 28.4 Å². The molecule has 5 heteroatoms. The lowest BCUT2D eigenvalue weighted by molar-refractivity contribution is 0.370. The fraction of sp³-hybridized carbons (Fsp3) is 0.263. The maximum Gasteiger partial charge on any atom is 0.160 e. The van der Waals surface area contributed by atoms with Gasteiger partial charge in [-0.15, -0.1) is 0 Å². The van der Waals surface area contributed by atoms with Gasteiger partial charge in [0.2, 0.25) is 0 Å². The van der Waals surface area contributed by atoms with E-state index in [0.29, 0.717) is 29.4 Å². The Labute approximate surface area is 142 Å². The van der Waals surface area contributed by atoms with E-state index in [-0.39, 0.29) is 5.75 Å². The molecule has 0 bridgehead atoms. The second-order valence-corrected chi connectivity index (χ2v) is 5.05. The minimum absolute atomic E-state index is 0.110. The minimum Gasteiger partial charge on any atom is -0.504 e. The summed E-state index contributed by atoms with van der Waals surface area (Å²) < 4.78 is 21.1. The molecule has 0 amide bonds. The summed E-state index contributed by atoms with van der Waals surface area (Å²) in [5, 5.41) is 9.82. The zero-order chi connectivity index (χ0) is 17.5. The third-order valence-corrected chi connectivity index (χ3v) is 3.65. The number of ether oxygens (including phenoxy) is 4. The van der Waals surface area contributed by atoms with Crippen molar-refractivity contribution >= 4 is 6.08 Å². The third-order valence-electron chi connectivity index (χ3n) is 3.65. The van der Waals surface area contributed by atoms with Crippen molar-refractivity contribution in [3.63, 3.8) is 0 Å². The van der Waals surface area contributed by atoms with Gasteiger partial charge in [-0.3, -0.25) is 0 Å². The van der Waals surface area contributed by atoms with E-state index in [9.17, 15) is 5.11 Å².